The number of pyridine rings is 1. The Kier molecular flexibility index (Phi) is 3.83. The molecule has 2 heterocycles. The second kappa shape index (κ2) is 5.92. The van der Waals surface area contributed by atoms with Crippen molar-refractivity contribution >= 4 is 11.8 Å². The molecule has 0 fully saturated rings. The van der Waals surface area contributed by atoms with Crippen LogP contribution in [0.3, 0.4) is 0 Å². The van der Waals surface area contributed by atoms with E-state index in [1.807, 2.05) is 43.3 Å². The van der Waals surface area contributed by atoms with Crippen LogP contribution in [0.4, 0.5) is 0 Å². The molecular weight excluding hydrogens is 286 g/mol. The zero-order valence-electron chi connectivity index (χ0n) is 11.3. The molecule has 0 saturated heterocycles. The molecule has 6 nitrogen and oxygen atoms in total. The summed E-state index contributed by atoms with van der Waals surface area (Å²) in [5, 5.41) is 24.1. The fourth-order valence-corrected chi connectivity index (χ4v) is 2.87. The topological polar surface area (TPSA) is 70.5 Å². The summed E-state index contributed by atoms with van der Waals surface area (Å²) in [4.78, 5) is 0. The maximum atomic E-state index is 11.7. The lowest BCUT2D eigenvalue weighted by Crippen LogP contribution is -2.28. The van der Waals surface area contributed by atoms with Crippen molar-refractivity contribution in [3.63, 3.8) is 0 Å². The highest BCUT2D eigenvalue weighted by Crippen LogP contribution is 2.32. The maximum absolute atomic E-state index is 11.7. The van der Waals surface area contributed by atoms with E-state index in [4.69, 9.17) is 0 Å². The normalized spacial score (nSPS) is 12.2. The van der Waals surface area contributed by atoms with Gasteiger partial charge in [-0.15, -0.1) is 5.10 Å². The summed E-state index contributed by atoms with van der Waals surface area (Å²) in [6.45, 7) is 1.98. The monoisotopic (exact) mass is 299 g/mol. The van der Waals surface area contributed by atoms with Gasteiger partial charge in [0, 0.05) is 12.1 Å². The van der Waals surface area contributed by atoms with E-state index in [0.717, 1.165) is 10.4 Å². The first-order valence-electron chi connectivity index (χ1n) is 6.44. The highest BCUT2D eigenvalue weighted by atomic mass is 32.2. The molecule has 106 valence electrons. The summed E-state index contributed by atoms with van der Waals surface area (Å²) in [5.74, 6) is 0.704. The van der Waals surface area contributed by atoms with Crippen molar-refractivity contribution in [1.82, 2.24) is 20.2 Å². The maximum Gasteiger partial charge on any atom is 0.252 e. The van der Waals surface area contributed by atoms with Crippen LogP contribution in [0.15, 0.2) is 59.8 Å². The minimum atomic E-state index is -0.0530. The van der Waals surface area contributed by atoms with Gasteiger partial charge in [-0.25, -0.2) is 0 Å². The summed E-state index contributed by atoms with van der Waals surface area (Å²) in [5.41, 5.74) is 0.896. The molecule has 1 unspecified atom stereocenters. The number of aromatic nitrogens is 5. The summed E-state index contributed by atoms with van der Waals surface area (Å²) in [7, 11) is 0. The molecule has 0 aliphatic carbocycles. The number of para-hydroxylation sites is 1. The molecule has 0 saturated carbocycles. The molecule has 3 aromatic rings. The number of tetrazole rings is 1. The van der Waals surface area contributed by atoms with Crippen molar-refractivity contribution in [1.29, 1.82) is 0 Å². The Morgan fingerprint density at radius 2 is 1.90 bits per heavy atom. The molecule has 0 aliphatic rings. The van der Waals surface area contributed by atoms with Gasteiger partial charge in [0.15, 0.2) is 12.0 Å². The molecule has 0 amide bonds. The van der Waals surface area contributed by atoms with Crippen molar-refractivity contribution in [2.75, 3.05) is 0 Å². The molecule has 21 heavy (non-hydrogen) atoms. The van der Waals surface area contributed by atoms with E-state index in [2.05, 4.69) is 15.5 Å². The smallest absolute Gasteiger partial charge is 0.252 e. The van der Waals surface area contributed by atoms with Gasteiger partial charge in [-0.2, -0.15) is 9.41 Å². The first-order chi connectivity index (χ1) is 10.3. The molecule has 0 bridgehead atoms. The fourth-order valence-electron chi connectivity index (χ4n) is 1.94. The Bertz CT molecular complexity index is 731. The summed E-state index contributed by atoms with van der Waals surface area (Å²) in [6, 6.07) is 15.0. The van der Waals surface area contributed by atoms with Crippen LogP contribution in [-0.4, -0.2) is 20.2 Å². The second-order valence-electron chi connectivity index (χ2n) is 4.41. The van der Waals surface area contributed by atoms with Gasteiger partial charge in [-0.05, 0) is 47.3 Å². The third kappa shape index (κ3) is 2.87. The molecule has 0 aliphatic heterocycles. The average Bonchev–Trinajstić information content (AvgIpc) is 3.00. The van der Waals surface area contributed by atoms with Crippen molar-refractivity contribution < 1.29 is 4.73 Å². The Balaban J connectivity index is 1.88. The van der Waals surface area contributed by atoms with Gasteiger partial charge in [0.2, 0.25) is 0 Å². The molecule has 0 N–H and O–H groups in total. The Labute approximate surface area is 126 Å². The highest BCUT2D eigenvalue weighted by molar-refractivity contribution is 7.99. The molecule has 0 radical (unpaired) electrons. The lowest BCUT2D eigenvalue weighted by molar-refractivity contribution is -0.645. The minimum absolute atomic E-state index is 0.0530. The molecule has 1 aromatic carbocycles. The van der Waals surface area contributed by atoms with Crippen LogP contribution in [0.2, 0.25) is 0 Å². The van der Waals surface area contributed by atoms with Crippen LogP contribution in [0, 0.1) is 5.21 Å². The Morgan fingerprint density at radius 1 is 1.14 bits per heavy atom. The SMILES string of the molecule is CC(Sc1cccc[n+]1[O-])c1nnnn1-c1ccccc1. The minimum Gasteiger partial charge on any atom is -0.618 e. The van der Waals surface area contributed by atoms with Gasteiger partial charge in [0.25, 0.3) is 5.03 Å². The first-order valence-corrected chi connectivity index (χ1v) is 7.32. The molecular formula is C14H13N5OS. The number of benzene rings is 1. The van der Waals surface area contributed by atoms with Crippen LogP contribution in [0.5, 0.6) is 0 Å². The number of hydrogen-bond acceptors (Lipinski definition) is 5. The predicted octanol–water partition coefficient (Wildman–Crippen LogP) is 2.15. The van der Waals surface area contributed by atoms with Gasteiger partial charge in [0.05, 0.1) is 10.9 Å². The lowest BCUT2D eigenvalue weighted by atomic mass is 10.3. The standard InChI is InChI=1S/C14H13N5OS/c1-11(21-13-9-5-6-10-18(13)20)14-15-16-17-19(14)12-7-3-2-4-8-12/h2-11H,1H3. The highest BCUT2D eigenvalue weighted by Gasteiger charge is 2.20. The molecule has 3 rings (SSSR count). The third-order valence-electron chi connectivity index (χ3n) is 2.94. The Morgan fingerprint density at radius 3 is 2.67 bits per heavy atom. The van der Waals surface area contributed by atoms with E-state index in [1.54, 1.807) is 16.8 Å². The third-order valence-corrected chi connectivity index (χ3v) is 4.07. The largest absolute Gasteiger partial charge is 0.618 e. The first kappa shape index (κ1) is 13.6. The van der Waals surface area contributed by atoms with Crippen LogP contribution in [0.25, 0.3) is 5.69 Å². The van der Waals surface area contributed by atoms with Crippen LogP contribution >= 0.6 is 11.8 Å². The van der Waals surface area contributed by atoms with Crippen molar-refractivity contribution in [3.8, 4) is 5.69 Å². The van der Waals surface area contributed by atoms with E-state index in [0.29, 0.717) is 10.9 Å². The summed E-state index contributed by atoms with van der Waals surface area (Å²) >= 11 is 1.42. The van der Waals surface area contributed by atoms with Crippen LogP contribution in [0.1, 0.15) is 18.0 Å². The lowest BCUT2D eigenvalue weighted by Gasteiger charge is -2.10. The van der Waals surface area contributed by atoms with E-state index >= 15 is 0 Å². The van der Waals surface area contributed by atoms with Crippen LogP contribution in [-0.2, 0) is 0 Å². The number of hydrogen-bond donors (Lipinski definition) is 0. The van der Waals surface area contributed by atoms with Crippen LogP contribution < -0.4 is 4.73 Å². The number of nitrogens with zero attached hydrogens (tertiary/aromatic N) is 5. The average molecular weight is 299 g/mol. The molecule has 7 heteroatoms. The quantitative estimate of drug-likeness (QED) is 0.419. The molecule has 1 atom stereocenters. The fraction of sp³-hybridized carbons (Fsp3) is 0.143. The van der Waals surface area contributed by atoms with Crippen molar-refractivity contribution in [2.24, 2.45) is 0 Å². The second-order valence-corrected chi connectivity index (χ2v) is 5.77. The molecule has 0 spiro atoms. The van der Waals surface area contributed by atoms with Gasteiger partial charge >= 0.3 is 0 Å². The van der Waals surface area contributed by atoms with E-state index in [-0.39, 0.29) is 5.25 Å². The van der Waals surface area contributed by atoms with Gasteiger partial charge < -0.3 is 5.21 Å². The van der Waals surface area contributed by atoms with E-state index < -0.39 is 0 Å². The predicted molar refractivity (Wildman–Crippen MR) is 78.8 cm³/mol. The number of thioether (sulfide) groups is 1. The summed E-state index contributed by atoms with van der Waals surface area (Å²) < 4.78 is 2.54. The van der Waals surface area contributed by atoms with Gasteiger partial charge in [0.1, 0.15) is 0 Å². The zero-order valence-corrected chi connectivity index (χ0v) is 12.1. The zero-order chi connectivity index (χ0) is 14.7. The van der Waals surface area contributed by atoms with E-state index in [9.17, 15) is 5.21 Å². The van der Waals surface area contributed by atoms with Crippen molar-refractivity contribution in [3.05, 3.63) is 65.8 Å². The number of rotatable bonds is 4. The van der Waals surface area contributed by atoms with Gasteiger partial charge in [-0.1, -0.05) is 18.2 Å². The molecule has 2 aromatic heterocycles. The van der Waals surface area contributed by atoms with Gasteiger partial charge in [-0.3, -0.25) is 0 Å². The van der Waals surface area contributed by atoms with Crippen molar-refractivity contribution in [2.45, 2.75) is 17.2 Å². The van der Waals surface area contributed by atoms with E-state index in [1.165, 1.54) is 18.0 Å². The summed E-state index contributed by atoms with van der Waals surface area (Å²) in [6.07, 6.45) is 1.48. The Hall–Kier alpha value is -2.41.